The molecule has 1 aliphatic heterocycles. The Labute approximate surface area is 157 Å². The van der Waals surface area contributed by atoms with E-state index in [4.69, 9.17) is 16.3 Å². The van der Waals surface area contributed by atoms with Crippen molar-refractivity contribution in [1.82, 2.24) is 19.3 Å². The number of fused-ring (bicyclic) bond motifs is 1. The lowest BCUT2D eigenvalue weighted by molar-refractivity contribution is 0.105. The summed E-state index contributed by atoms with van der Waals surface area (Å²) in [6, 6.07) is -0.118. The number of hydrogen-bond donors (Lipinski definition) is 0. The fraction of sp³-hybridized carbons (Fsp3) is 0.421. The summed E-state index contributed by atoms with van der Waals surface area (Å²) >= 11 is 6.13. The molecule has 1 atom stereocenters. The van der Waals surface area contributed by atoms with Gasteiger partial charge in [0.25, 0.3) is 0 Å². The number of imidazole rings is 1. The Morgan fingerprint density at radius 1 is 1.42 bits per heavy atom. The van der Waals surface area contributed by atoms with E-state index in [0.29, 0.717) is 18.3 Å². The predicted octanol–water partition coefficient (Wildman–Crippen LogP) is 4.18. The van der Waals surface area contributed by atoms with Crippen LogP contribution in [0.4, 0.5) is 4.79 Å². The number of amides is 1. The van der Waals surface area contributed by atoms with E-state index in [-0.39, 0.29) is 17.6 Å². The number of halogens is 1. The molecule has 3 heterocycles. The molecule has 0 N–H and O–H groups in total. The highest BCUT2D eigenvalue weighted by Crippen LogP contribution is 2.33. The average molecular weight is 373 g/mol. The average Bonchev–Trinajstić information content (AvgIpc) is 3.30. The van der Waals surface area contributed by atoms with E-state index in [2.05, 4.69) is 36.0 Å². The summed E-state index contributed by atoms with van der Waals surface area (Å²) in [5.41, 5.74) is 1.80. The first-order valence-corrected chi connectivity index (χ1v) is 9.14. The van der Waals surface area contributed by atoms with Crippen LogP contribution in [-0.2, 0) is 4.74 Å². The number of nitrogens with zero attached hydrogens (tertiary/aromatic N) is 4. The maximum Gasteiger partial charge on any atom is 0.410 e. The zero-order chi connectivity index (χ0) is 18.3. The Hall–Kier alpha value is -2.34. The Balaban J connectivity index is 1.50. The Kier molecular flexibility index (Phi) is 4.23. The van der Waals surface area contributed by atoms with Gasteiger partial charge < -0.3 is 4.74 Å². The van der Waals surface area contributed by atoms with Crippen molar-refractivity contribution in [2.45, 2.75) is 32.7 Å². The molecule has 0 radical (unpaired) electrons. The fourth-order valence-corrected chi connectivity index (χ4v) is 3.83. The van der Waals surface area contributed by atoms with Crippen molar-refractivity contribution < 1.29 is 9.53 Å². The maximum absolute atomic E-state index is 12.6. The molecule has 7 heteroatoms. The van der Waals surface area contributed by atoms with E-state index < -0.39 is 0 Å². The molecule has 2 aromatic rings. The third kappa shape index (κ3) is 3.09. The molecule has 0 bridgehead atoms. The van der Waals surface area contributed by atoms with E-state index in [1.165, 1.54) is 0 Å². The number of hydrogen-bond acceptors (Lipinski definition) is 4. The topological polar surface area (TPSA) is 59.7 Å². The molecule has 0 aromatic carbocycles. The molecular weight excluding hydrogens is 352 g/mol. The fourth-order valence-electron chi connectivity index (χ4n) is 3.63. The molecule has 1 fully saturated rings. The van der Waals surface area contributed by atoms with E-state index in [1.54, 1.807) is 17.3 Å². The molecule has 0 spiro atoms. The van der Waals surface area contributed by atoms with Crippen LogP contribution in [0.2, 0.25) is 5.15 Å². The summed E-state index contributed by atoms with van der Waals surface area (Å²) in [5, 5.41) is 0.404. The van der Waals surface area contributed by atoms with Crippen LogP contribution < -0.4 is 0 Å². The third-order valence-electron chi connectivity index (χ3n) is 4.87. The first-order valence-electron chi connectivity index (χ1n) is 8.76. The maximum atomic E-state index is 12.6. The summed E-state index contributed by atoms with van der Waals surface area (Å²) in [6.07, 6.45) is 12.9. The van der Waals surface area contributed by atoms with Crippen molar-refractivity contribution in [3.05, 3.63) is 53.4 Å². The van der Waals surface area contributed by atoms with Crippen LogP contribution >= 0.6 is 11.6 Å². The van der Waals surface area contributed by atoms with Crippen LogP contribution in [0, 0.1) is 5.41 Å². The summed E-state index contributed by atoms with van der Waals surface area (Å²) in [6.45, 7) is 5.20. The zero-order valence-corrected chi connectivity index (χ0v) is 15.6. The molecule has 6 nitrogen and oxygen atoms in total. The van der Waals surface area contributed by atoms with Crippen LogP contribution in [0.1, 0.15) is 38.6 Å². The molecular formula is C19H21ClN4O2. The normalized spacial score (nSPS) is 21.4. The lowest BCUT2D eigenvalue weighted by Crippen LogP contribution is -2.32. The number of carbonyl (C=O) groups is 1. The minimum absolute atomic E-state index is 0.0278. The SMILES string of the molecule is CC1(C)C=CC(COC(=O)N2CCCC2c2ncc3c(Cl)nccn23)=C1. The Morgan fingerprint density at radius 2 is 2.27 bits per heavy atom. The molecule has 1 amide bonds. The minimum Gasteiger partial charge on any atom is -0.445 e. The first-order chi connectivity index (χ1) is 12.4. The summed E-state index contributed by atoms with van der Waals surface area (Å²) < 4.78 is 7.46. The number of likely N-dealkylation sites (tertiary alicyclic amines) is 1. The summed E-state index contributed by atoms with van der Waals surface area (Å²) in [5.74, 6) is 0.792. The minimum atomic E-state index is -0.302. The molecule has 0 saturated carbocycles. The molecule has 2 aliphatic rings. The number of rotatable bonds is 3. The van der Waals surface area contributed by atoms with Crippen LogP contribution in [-0.4, -0.2) is 38.5 Å². The van der Waals surface area contributed by atoms with Crippen molar-refractivity contribution in [1.29, 1.82) is 0 Å². The van der Waals surface area contributed by atoms with E-state index >= 15 is 0 Å². The number of carbonyl (C=O) groups excluding carboxylic acids is 1. The Bertz CT molecular complexity index is 915. The van der Waals surface area contributed by atoms with Gasteiger partial charge in [-0.25, -0.2) is 14.8 Å². The highest BCUT2D eigenvalue weighted by atomic mass is 35.5. The summed E-state index contributed by atoms with van der Waals surface area (Å²) in [4.78, 5) is 23.0. The van der Waals surface area contributed by atoms with E-state index in [0.717, 1.165) is 29.8 Å². The van der Waals surface area contributed by atoms with Gasteiger partial charge in [0.1, 0.15) is 17.9 Å². The Morgan fingerprint density at radius 3 is 3.04 bits per heavy atom. The molecule has 136 valence electrons. The molecule has 4 rings (SSSR count). The van der Waals surface area contributed by atoms with Gasteiger partial charge >= 0.3 is 6.09 Å². The van der Waals surface area contributed by atoms with Crippen LogP contribution in [0.15, 0.2) is 42.4 Å². The van der Waals surface area contributed by atoms with Gasteiger partial charge in [-0.3, -0.25) is 9.30 Å². The summed E-state index contributed by atoms with van der Waals surface area (Å²) in [7, 11) is 0. The second-order valence-electron chi connectivity index (χ2n) is 7.37. The smallest absolute Gasteiger partial charge is 0.410 e. The molecule has 1 saturated heterocycles. The lowest BCUT2D eigenvalue weighted by Gasteiger charge is -2.23. The number of ether oxygens (including phenoxy) is 1. The van der Waals surface area contributed by atoms with Crippen LogP contribution in [0.3, 0.4) is 0 Å². The molecule has 1 unspecified atom stereocenters. The van der Waals surface area contributed by atoms with Gasteiger partial charge in [0.2, 0.25) is 0 Å². The predicted molar refractivity (Wildman–Crippen MR) is 99.0 cm³/mol. The van der Waals surface area contributed by atoms with Gasteiger partial charge in [0, 0.05) is 24.4 Å². The van der Waals surface area contributed by atoms with Gasteiger partial charge in [-0.05, 0) is 18.4 Å². The molecule has 2 aromatic heterocycles. The second-order valence-corrected chi connectivity index (χ2v) is 7.73. The van der Waals surface area contributed by atoms with Crippen LogP contribution in [0.5, 0.6) is 0 Å². The van der Waals surface area contributed by atoms with E-state index in [1.807, 2.05) is 16.7 Å². The molecule has 1 aliphatic carbocycles. The quantitative estimate of drug-likeness (QED) is 0.811. The first kappa shape index (κ1) is 17.1. The second kappa shape index (κ2) is 6.43. The largest absolute Gasteiger partial charge is 0.445 e. The van der Waals surface area contributed by atoms with Gasteiger partial charge in [-0.15, -0.1) is 0 Å². The highest BCUT2D eigenvalue weighted by molar-refractivity contribution is 6.32. The van der Waals surface area contributed by atoms with Gasteiger partial charge in [-0.1, -0.05) is 43.7 Å². The zero-order valence-electron chi connectivity index (χ0n) is 14.9. The van der Waals surface area contributed by atoms with Crippen molar-refractivity contribution in [3.8, 4) is 0 Å². The number of allylic oxidation sites excluding steroid dienone is 2. The van der Waals surface area contributed by atoms with Gasteiger partial charge in [0.05, 0.1) is 12.2 Å². The van der Waals surface area contributed by atoms with Crippen molar-refractivity contribution in [2.24, 2.45) is 5.41 Å². The standard InChI is InChI=1S/C19H21ClN4O2/c1-19(2)6-5-13(10-19)12-26-18(25)24-8-3-4-14(24)17-22-11-15-16(20)21-7-9-23(15)17/h5-7,9-11,14H,3-4,8,12H2,1-2H3. The van der Waals surface area contributed by atoms with Crippen LogP contribution in [0.25, 0.3) is 5.52 Å². The van der Waals surface area contributed by atoms with Gasteiger partial charge in [-0.2, -0.15) is 0 Å². The van der Waals surface area contributed by atoms with Crippen molar-refractivity contribution >= 4 is 23.2 Å². The number of aromatic nitrogens is 3. The van der Waals surface area contributed by atoms with Crippen molar-refractivity contribution in [3.63, 3.8) is 0 Å². The third-order valence-corrected chi connectivity index (χ3v) is 5.16. The highest BCUT2D eigenvalue weighted by Gasteiger charge is 2.34. The lowest BCUT2D eigenvalue weighted by atomic mass is 9.96. The van der Waals surface area contributed by atoms with Crippen molar-refractivity contribution in [2.75, 3.05) is 13.2 Å². The van der Waals surface area contributed by atoms with E-state index in [9.17, 15) is 4.79 Å². The molecule has 26 heavy (non-hydrogen) atoms. The van der Waals surface area contributed by atoms with Gasteiger partial charge in [0.15, 0.2) is 5.15 Å². The monoisotopic (exact) mass is 372 g/mol.